The molecule has 2 heterocycles. The molecule has 10 heteroatoms. The highest BCUT2D eigenvalue weighted by atomic mass is 16.6. The number of ether oxygens (including phenoxy) is 3. The van der Waals surface area contributed by atoms with Crippen molar-refractivity contribution in [3.8, 4) is 17.2 Å². The number of carbonyl (C=O) groups excluding carboxylic acids is 2. The largest absolute Gasteiger partial charge is 0.493 e. The number of rotatable bonds is 7. The standard InChI is InChI=1S/C28H34N4O6/c1-20-29-30-25(37-20)22-11-8-12-24(17-22)35-16-13-23-18-31(14-15-32(23)27(34)38-28(2,3)4)26(33)36-19-21-9-6-5-7-10-21/h5-12,17,23H,13-16,18-19H2,1-4H3/t23-/m1/s1. The Morgan fingerprint density at radius 2 is 1.82 bits per heavy atom. The highest BCUT2D eigenvalue weighted by Gasteiger charge is 2.35. The van der Waals surface area contributed by atoms with Crippen molar-refractivity contribution in [1.82, 2.24) is 20.0 Å². The van der Waals surface area contributed by atoms with Gasteiger partial charge in [-0.3, -0.25) is 0 Å². The fourth-order valence-corrected chi connectivity index (χ4v) is 4.08. The van der Waals surface area contributed by atoms with E-state index in [0.29, 0.717) is 50.2 Å². The maximum absolute atomic E-state index is 13.0. The quantitative estimate of drug-likeness (QED) is 0.423. The maximum Gasteiger partial charge on any atom is 0.410 e. The number of hydrogen-bond acceptors (Lipinski definition) is 8. The van der Waals surface area contributed by atoms with Crippen molar-refractivity contribution >= 4 is 12.2 Å². The minimum absolute atomic E-state index is 0.190. The van der Waals surface area contributed by atoms with Gasteiger partial charge in [0.15, 0.2) is 0 Å². The average molecular weight is 523 g/mol. The molecule has 0 saturated carbocycles. The lowest BCUT2D eigenvalue weighted by molar-refractivity contribution is -0.00614. The van der Waals surface area contributed by atoms with Gasteiger partial charge in [-0.1, -0.05) is 36.4 Å². The number of aromatic nitrogens is 2. The van der Waals surface area contributed by atoms with E-state index in [1.165, 1.54) is 0 Å². The van der Waals surface area contributed by atoms with Gasteiger partial charge in [-0.15, -0.1) is 10.2 Å². The Morgan fingerprint density at radius 1 is 1.03 bits per heavy atom. The summed E-state index contributed by atoms with van der Waals surface area (Å²) in [7, 11) is 0. The van der Waals surface area contributed by atoms with Crippen LogP contribution in [0.2, 0.25) is 0 Å². The lowest BCUT2D eigenvalue weighted by Crippen LogP contribution is -2.57. The van der Waals surface area contributed by atoms with E-state index in [1.807, 2.05) is 75.4 Å². The van der Waals surface area contributed by atoms with Gasteiger partial charge in [-0.25, -0.2) is 9.59 Å². The molecule has 1 fully saturated rings. The van der Waals surface area contributed by atoms with Crippen LogP contribution in [0.1, 0.15) is 38.6 Å². The Balaban J connectivity index is 1.39. The summed E-state index contributed by atoms with van der Waals surface area (Å²) in [5.41, 5.74) is 1.04. The molecule has 2 aromatic carbocycles. The first-order chi connectivity index (χ1) is 18.2. The molecule has 1 atom stereocenters. The Bertz CT molecular complexity index is 1220. The van der Waals surface area contributed by atoms with Gasteiger partial charge < -0.3 is 28.4 Å². The summed E-state index contributed by atoms with van der Waals surface area (Å²) >= 11 is 0. The lowest BCUT2D eigenvalue weighted by atomic mass is 10.1. The van der Waals surface area contributed by atoms with Crippen molar-refractivity contribution < 1.29 is 28.2 Å². The number of hydrogen-bond donors (Lipinski definition) is 0. The van der Waals surface area contributed by atoms with E-state index in [4.69, 9.17) is 18.6 Å². The molecule has 1 saturated heterocycles. The molecular formula is C28H34N4O6. The predicted octanol–water partition coefficient (Wildman–Crippen LogP) is 5.07. The van der Waals surface area contributed by atoms with Gasteiger partial charge in [0.1, 0.15) is 18.0 Å². The van der Waals surface area contributed by atoms with Crippen molar-refractivity contribution in [2.75, 3.05) is 26.2 Å². The number of piperazine rings is 1. The Morgan fingerprint density at radius 3 is 2.53 bits per heavy atom. The molecule has 1 aliphatic rings. The van der Waals surface area contributed by atoms with Gasteiger partial charge in [0.25, 0.3) is 0 Å². The van der Waals surface area contributed by atoms with Crippen LogP contribution < -0.4 is 4.74 Å². The lowest BCUT2D eigenvalue weighted by Gasteiger charge is -2.41. The molecule has 1 aromatic heterocycles. The third-order valence-corrected chi connectivity index (χ3v) is 5.90. The summed E-state index contributed by atoms with van der Waals surface area (Å²) in [6.07, 6.45) is -0.328. The van der Waals surface area contributed by atoms with E-state index in [2.05, 4.69) is 10.2 Å². The van der Waals surface area contributed by atoms with Crippen molar-refractivity contribution in [2.24, 2.45) is 0 Å². The first-order valence-electron chi connectivity index (χ1n) is 12.7. The molecule has 202 valence electrons. The van der Waals surface area contributed by atoms with Gasteiger partial charge >= 0.3 is 12.2 Å². The highest BCUT2D eigenvalue weighted by molar-refractivity contribution is 5.71. The highest BCUT2D eigenvalue weighted by Crippen LogP contribution is 2.24. The van der Waals surface area contributed by atoms with Gasteiger partial charge in [0.05, 0.1) is 12.6 Å². The topological polar surface area (TPSA) is 107 Å². The monoisotopic (exact) mass is 522 g/mol. The van der Waals surface area contributed by atoms with Crippen LogP contribution in [0.3, 0.4) is 0 Å². The number of benzene rings is 2. The predicted molar refractivity (Wildman–Crippen MR) is 140 cm³/mol. The second kappa shape index (κ2) is 12.0. The molecule has 4 rings (SSSR count). The zero-order valence-corrected chi connectivity index (χ0v) is 22.3. The number of carbonyl (C=O) groups is 2. The first kappa shape index (κ1) is 27.0. The van der Waals surface area contributed by atoms with Crippen LogP contribution in [0.5, 0.6) is 5.75 Å². The molecule has 0 aliphatic carbocycles. The normalized spacial score (nSPS) is 15.7. The summed E-state index contributed by atoms with van der Waals surface area (Å²) in [4.78, 5) is 29.1. The summed E-state index contributed by atoms with van der Waals surface area (Å²) < 4.78 is 22.7. The summed E-state index contributed by atoms with van der Waals surface area (Å²) in [6.45, 7) is 8.75. The summed E-state index contributed by atoms with van der Waals surface area (Å²) in [5.74, 6) is 1.54. The molecule has 0 bridgehead atoms. The molecule has 0 N–H and O–H groups in total. The van der Waals surface area contributed by atoms with Crippen molar-refractivity contribution in [3.63, 3.8) is 0 Å². The van der Waals surface area contributed by atoms with Gasteiger partial charge in [0, 0.05) is 38.5 Å². The van der Waals surface area contributed by atoms with Gasteiger partial charge in [-0.05, 0) is 44.5 Å². The van der Waals surface area contributed by atoms with Gasteiger partial charge in [0.2, 0.25) is 11.8 Å². The van der Waals surface area contributed by atoms with E-state index < -0.39 is 17.8 Å². The van der Waals surface area contributed by atoms with Crippen LogP contribution in [0.25, 0.3) is 11.5 Å². The number of amides is 2. The molecular weight excluding hydrogens is 488 g/mol. The molecule has 38 heavy (non-hydrogen) atoms. The van der Waals surface area contributed by atoms with E-state index in [0.717, 1.165) is 11.1 Å². The van der Waals surface area contributed by atoms with E-state index in [9.17, 15) is 9.59 Å². The van der Waals surface area contributed by atoms with E-state index in [-0.39, 0.29) is 12.6 Å². The van der Waals surface area contributed by atoms with Crippen molar-refractivity contribution in [2.45, 2.75) is 52.4 Å². The van der Waals surface area contributed by atoms with Gasteiger partial charge in [-0.2, -0.15) is 0 Å². The third-order valence-electron chi connectivity index (χ3n) is 5.90. The molecule has 3 aromatic rings. The smallest absolute Gasteiger partial charge is 0.410 e. The number of nitrogens with zero attached hydrogens (tertiary/aromatic N) is 4. The van der Waals surface area contributed by atoms with Crippen LogP contribution in [-0.2, 0) is 16.1 Å². The first-order valence-corrected chi connectivity index (χ1v) is 12.7. The zero-order chi connectivity index (χ0) is 27.1. The molecule has 0 unspecified atom stereocenters. The molecule has 10 nitrogen and oxygen atoms in total. The molecule has 0 spiro atoms. The Labute approximate surface area is 222 Å². The molecule has 1 aliphatic heterocycles. The minimum atomic E-state index is -0.628. The summed E-state index contributed by atoms with van der Waals surface area (Å²) in [6, 6.07) is 16.6. The van der Waals surface area contributed by atoms with E-state index >= 15 is 0 Å². The van der Waals surface area contributed by atoms with E-state index in [1.54, 1.807) is 16.7 Å². The van der Waals surface area contributed by atoms with Crippen molar-refractivity contribution in [3.05, 3.63) is 66.1 Å². The SMILES string of the molecule is Cc1nnc(-c2cccc(OCC[C@@H]3CN(C(=O)OCc4ccccc4)CCN3C(=O)OC(C)(C)C)c2)o1. The minimum Gasteiger partial charge on any atom is -0.493 e. The Kier molecular flexibility index (Phi) is 8.50. The fourth-order valence-electron chi connectivity index (χ4n) is 4.08. The molecule has 2 amide bonds. The third kappa shape index (κ3) is 7.47. The van der Waals surface area contributed by atoms with Crippen molar-refractivity contribution in [1.29, 1.82) is 0 Å². The van der Waals surface area contributed by atoms with Crippen LogP contribution in [0.4, 0.5) is 9.59 Å². The maximum atomic E-state index is 13.0. The van der Waals surface area contributed by atoms with Crippen LogP contribution >= 0.6 is 0 Å². The fraction of sp³-hybridized carbons (Fsp3) is 0.429. The molecule has 0 radical (unpaired) electrons. The van der Waals surface area contributed by atoms with Crippen LogP contribution in [0, 0.1) is 6.92 Å². The zero-order valence-electron chi connectivity index (χ0n) is 22.3. The van der Waals surface area contributed by atoms with Crippen LogP contribution in [0.15, 0.2) is 59.0 Å². The number of aryl methyl sites for hydroxylation is 1. The average Bonchev–Trinajstić information content (AvgIpc) is 3.33. The van der Waals surface area contributed by atoms with Crippen LogP contribution in [-0.4, -0.2) is 70.1 Å². The summed E-state index contributed by atoms with van der Waals surface area (Å²) in [5, 5.41) is 7.92. The Hall–Kier alpha value is -4.08. The second-order valence-electron chi connectivity index (χ2n) is 10.1. The second-order valence-corrected chi connectivity index (χ2v) is 10.1.